The van der Waals surface area contributed by atoms with Gasteiger partial charge in [0.1, 0.15) is 0 Å². The fraction of sp³-hybridized carbons (Fsp3) is 0. The topological polar surface area (TPSA) is 77.4 Å². The third-order valence-electron chi connectivity index (χ3n) is 0.513. The van der Waals surface area contributed by atoms with Crippen molar-refractivity contribution in [3.05, 3.63) is 0 Å². The molecule has 0 amide bonds. The number of rotatable bonds is 6. The van der Waals surface area contributed by atoms with Gasteiger partial charge in [0.2, 0.25) is 0 Å². The van der Waals surface area contributed by atoms with E-state index in [1.54, 1.807) is 0 Å². The van der Waals surface area contributed by atoms with Crippen molar-refractivity contribution < 1.29 is 8.68 Å². The summed E-state index contributed by atoms with van der Waals surface area (Å²) in [6.45, 7) is 0. The summed E-state index contributed by atoms with van der Waals surface area (Å²) < 4.78 is 55.7. The van der Waals surface area contributed by atoms with Crippen LogP contribution in [-0.4, -0.2) is 70.5 Å². The molecule has 0 fully saturated rings. The van der Waals surface area contributed by atoms with Gasteiger partial charge < -0.3 is 0 Å². The van der Waals surface area contributed by atoms with E-state index < -0.39 is 65.3 Å². The van der Waals surface area contributed by atoms with E-state index >= 15 is 0 Å². The Labute approximate surface area is 132 Å². The standard InChI is InChI=1S/F3N7S3Te3/c1-14-7-11-4-10(5-12-8-15-2)6-13-9-16-3. The second kappa shape index (κ2) is 14.6. The third-order valence-corrected chi connectivity index (χ3v) is 4.70. The summed E-state index contributed by atoms with van der Waals surface area (Å²) in [6.07, 6.45) is 0. The predicted molar refractivity (Wildman–Crippen MR) is 59.1 cm³/mol. The van der Waals surface area contributed by atoms with E-state index in [2.05, 4.69) is 21.3 Å². The molecule has 0 saturated carbocycles. The van der Waals surface area contributed by atoms with Gasteiger partial charge in [-0.15, -0.1) is 0 Å². The maximum absolute atomic E-state index is 11.7. The molecule has 0 atom stereocenters. The Morgan fingerprint density at radius 2 is 1.00 bits per heavy atom. The average molecular weight is 634 g/mol. The van der Waals surface area contributed by atoms with Crippen LogP contribution >= 0.6 is 0 Å². The first-order chi connectivity index (χ1) is 7.85. The van der Waals surface area contributed by atoms with Crippen molar-refractivity contribution in [2.24, 2.45) is 21.3 Å². The number of hydrogen-bond acceptors (Lipinski definition) is 6. The monoisotopic (exact) mass is 641 g/mol. The molecule has 16 heavy (non-hydrogen) atoms. The molecule has 92 valence electrons. The second-order valence-corrected chi connectivity index (χ2v) is 7.63. The number of nitrogens with zero attached hydrogens (tertiary/aromatic N) is 7. The van der Waals surface area contributed by atoms with Crippen LogP contribution in [0.15, 0.2) is 21.3 Å². The van der Waals surface area contributed by atoms with E-state index in [-0.39, 0.29) is 0 Å². The van der Waals surface area contributed by atoms with Gasteiger partial charge in [-0.05, 0) is 0 Å². The van der Waals surface area contributed by atoms with Gasteiger partial charge in [-0.25, -0.2) is 0 Å². The van der Waals surface area contributed by atoms with Crippen molar-refractivity contribution in [1.82, 2.24) is 5.23 Å². The minimum atomic E-state index is -1.89. The first-order valence-corrected chi connectivity index (χ1v) is 10.7. The Hall–Kier alpha value is 1.58. The Morgan fingerprint density at radius 1 is 0.688 bits per heavy atom. The van der Waals surface area contributed by atoms with Gasteiger partial charge in [0.25, 0.3) is 0 Å². The van der Waals surface area contributed by atoms with Crippen molar-refractivity contribution in [1.29, 1.82) is 0 Å². The molecule has 0 aromatic heterocycles. The SMILES string of the molecule is F[Te]N=S=NN(N=S=N[Te]F)N=S=N[Te]F. The molecule has 0 aromatic carbocycles. The first-order valence-electron chi connectivity index (χ1n) is 2.71. The van der Waals surface area contributed by atoms with Crippen LogP contribution in [0, 0.1) is 0 Å². The quantitative estimate of drug-likeness (QED) is 0.316. The van der Waals surface area contributed by atoms with Crippen LogP contribution in [-0.2, 0) is 34.1 Å². The summed E-state index contributed by atoms with van der Waals surface area (Å²) in [6, 6.07) is 0. The predicted octanol–water partition coefficient (Wildman–Crippen LogP) is 0.894. The molecule has 0 unspecified atom stereocenters. The molecule has 0 radical (unpaired) electrons. The van der Waals surface area contributed by atoms with Crippen molar-refractivity contribution >= 4 is 99.4 Å². The molecule has 0 spiro atoms. The van der Waals surface area contributed by atoms with Crippen molar-refractivity contribution in [2.45, 2.75) is 0 Å². The molecule has 0 heterocycles. The Kier molecular flexibility index (Phi) is 16.1. The van der Waals surface area contributed by atoms with Gasteiger partial charge in [0.05, 0.1) is 0 Å². The van der Waals surface area contributed by atoms with Crippen LogP contribution in [0.25, 0.3) is 0 Å². The average Bonchev–Trinajstić information content (AvgIpc) is 2.29. The third kappa shape index (κ3) is 12.0. The molecule has 0 N–H and O–H groups in total. The van der Waals surface area contributed by atoms with E-state index in [0.29, 0.717) is 34.1 Å². The van der Waals surface area contributed by atoms with Gasteiger partial charge in [-0.3, -0.25) is 0 Å². The summed E-state index contributed by atoms with van der Waals surface area (Å²) in [5, 5.41) is 0.740. The maximum atomic E-state index is 11.7. The van der Waals surface area contributed by atoms with E-state index in [1.165, 1.54) is 0 Å². The van der Waals surface area contributed by atoms with Crippen LogP contribution in [0.4, 0.5) is 8.68 Å². The molecular formula is F3N7S3Te3. The van der Waals surface area contributed by atoms with Crippen molar-refractivity contribution in [3.8, 4) is 0 Å². The summed E-state index contributed by atoms with van der Waals surface area (Å²) in [5.74, 6) is 0. The normalized spacial score (nSPS) is 9.00. The fourth-order valence-electron chi connectivity index (χ4n) is 0.225. The summed E-state index contributed by atoms with van der Waals surface area (Å²) in [5.41, 5.74) is 0. The number of halogens is 3. The summed E-state index contributed by atoms with van der Waals surface area (Å²) >= 11 is -3.96. The van der Waals surface area contributed by atoms with Crippen molar-refractivity contribution in [3.63, 3.8) is 0 Å². The molecule has 0 aliphatic rings. The van der Waals surface area contributed by atoms with Crippen LogP contribution in [0.1, 0.15) is 0 Å². The van der Waals surface area contributed by atoms with E-state index in [9.17, 15) is 8.68 Å². The molecular weight excluding hydrogens is 634 g/mol. The van der Waals surface area contributed by atoms with E-state index in [4.69, 9.17) is 0 Å². The second-order valence-electron chi connectivity index (χ2n) is 1.19. The molecule has 0 rings (SSSR count). The van der Waals surface area contributed by atoms with Gasteiger partial charge in [0.15, 0.2) is 0 Å². The Balaban J connectivity index is 4.70. The molecule has 0 saturated heterocycles. The summed E-state index contributed by atoms with van der Waals surface area (Å²) in [7, 11) is 0. The van der Waals surface area contributed by atoms with Crippen LogP contribution in [0.3, 0.4) is 0 Å². The van der Waals surface area contributed by atoms with Gasteiger partial charge >= 0.3 is 135 Å². The number of hydrogen-bond donors (Lipinski definition) is 0. The first kappa shape index (κ1) is 17.6. The minimum absolute atomic E-state index is 0.572. The van der Waals surface area contributed by atoms with Crippen LogP contribution < -0.4 is 0 Å². The molecule has 0 aliphatic heterocycles. The Morgan fingerprint density at radius 3 is 1.25 bits per heavy atom. The van der Waals surface area contributed by atoms with E-state index in [1.807, 2.05) is 0 Å². The van der Waals surface area contributed by atoms with Crippen LogP contribution in [0.5, 0.6) is 0 Å². The van der Waals surface area contributed by atoms with Gasteiger partial charge in [-0.1, -0.05) is 0 Å². The zero-order chi connectivity index (χ0) is 12.1. The molecule has 0 aliphatic carbocycles. The molecule has 7 nitrogen and oxygen atoms in total. The van der Waals surface area contributed by atoms with Crippen LogP contribution in [0.2, 0.25) is 0 Å². The zero-order valence-corrected chi connectivity index (χ0v) is 16.2. The van der Waals surface area contributed by atoms with E-state index in [0.717, 1.165) is 5.23 Å². The summed E-state index contributed by atoms with van der Waals surface area (Å²) in [4.78, 5) is 0. The zero-order valence-electron chi connectivity index (χ0n) is 6.71. The molecule has 0 bridgehead atoms. The molecule has 0 aromatic rings. The molecule has 16 heteroatoms. The fourth-order valence-corrected chi connectivity index (χ4v) is 2.36. The Bertz CT molecular complexity index is 309. The van der Waals surface area contributed by atoms with Crippen molar-refractivity contribution in [2.75, 3.05) is 0 Å². The van der Waals surface area contributed by atoms with Gasteiger partial charge in [0, 0.05) is 0 Å². The van der Waals surface area contributed by atoms with Gasteiger partial charge in [-0.2, -0.15) is 0 Å².